The molecule has 7 nitrogen and oxygen atoms in total. The molecule has 0 aliphatic rings. The van der Waals surface area contributed by atoms with Crippen LogP contribution in [0.25, 0.3) is 0 Å². The van der Waals surface area contributed by atoms with E-state index in [1.165, 1.54) is 36.4 Å². The fourth-order valence-electron chi connectivity index (χ4n) is 2.08. The highest BCUT2D eigenvalue weighted by molar-refractivity contribution is 7.92. The van der Waals surface area contributed by atoms with Gasteiger partial charge < -0.3 is 10.2 Å². The Balaban J connectivity index is 2.44. The van der Waals surface area contributed by atoms with Crippen LogP contribution in [0.1, 0.15) is 16.8 Å². The quantitative estimate of drug-likeness (QED) is 0.791. The highest BCUT2D eigenvalue weighted by Crippen LogP contribution is 2.24. The summed E-state index contributed by atoms with van der Waals surface area (Å²) < 4.78 is 26.5. The Morgan fingerprint density at radius 2 is 1.50 bits per heavy atom. The third-order valence-corrected chi connectivity index (χ3v) is 5.10. The number of carboxylic acids is 2. The first-order valence-corrected chi connectivity index (χ1v) is 8.39. The first-order valence-electron chi connectivity index (χ1n) is 6.95. The SMILES string of the molecule is O=C(O)CCN(c1ccc(C(=O)O)cc1)S(=O)(=O)c1ccccc1. The van der Waals surface area contributed by atoms with E-state index in [1.807, 2.05) is 0 Å². The Morgan fingerprint density at radius 3 is 2.00 bits per heavy atom. The number of rotatable bonds is 7. The lowest BCUT2D eigenvalue weighted by Gasteiger charge is -2.24. The Kier molecular flexibility index (Phi) is 5.20. The van der Waals surface area contributed by atoms with E-state index in [0.29, 0.717) is 0 Å². The third kappa shape index (κ3) is 3.90. The van der Waals surface area contributed by atoms with Gasteiger partial charge >= 0.3 is 11.9 Å². The van der Waals surface area contributed by atoms with Crippen molar-refractivity contribution < 1.29 is 28.2 Å². The number of hydrogen-bond acceptors (Lipinski definition) is 4. The van der Waals surface area contributed by atoms with Crippen LogP contribution in [0.2, 0.25) is 0 Å². The van der Waals surface area contributed by atoms with Crippen molar-refractivity contribution in [2.24, 2.45) is 0 Å². The number of sulfonamides is 1. The van der Waals surface area contributed by atoms with Gasteiger partial charge in [-0.1, -0.05) is 18.2 Å². The lowest BCUT2D eigenvalue weighted by atomic mass is 10.2. The summed E-state index contributed by atoms with van der Waals surface area (Å²) in [5, 5.41) is 17.8. The predicted octanol–water partition coefficient (Wildman–Crippen LogP) is 2.05. The topological polar surface area (TPSA) is 112 Å². The van der Waals surface area contributed by atoms with Crippen LogP contribution in [-0.4, -0.2) is 37.1 Å². The molecule has 0 aliphatic heterocycles. The van der Waals surface area contributed by atoms with E-state index < -0.39 is 22.0 Å². The van der Waals surface area contributed by atoms with Crippen molar-refractivity contribution in [2.45, 2.75) is 11.3 Å². The van der Waals surface area contributed by atoms with Gasteiger partial charge in [0.15, 0.2) is 0 Å². The second-order valence-electron chi connectivity index (χ2n) is 4.89. The van der Waals surface area contributed by atoms with Crippen LogP contribution in [0.15, 0.2) is 59.5 Å². The van der Waals surface area contributed by atoms with Gasteiger partial charge in [-0.2, -0.15) is 0 Å². The molecule has 0 atom stereocenters. The molecule has 0 spiro atoms. The van der Waals surface area contributed by atoms with Gasteiger partial charge in [0.2, 0.25) is 0 Å². The van der Waals surface area contributed by atoms with Crippen molar-refractivity contribution in [3.05, 3.63) is 60.2 Å². The Morgan fingerprint density at radius 1 is 0.917 bits per heavy atom. The molecule has 2 rings (SSSR count). The summed E-state index contributed by atoms with van der Waals surface area (Å²) in [5.41, 5.74) is 0.208. The van der Waals surface area contributed by atoms with Gasteiger partial charge in [-0.25, -0.2) is 13.2 Å². The molecule has 8 heteroatoms. The van der Waals surface area contributed by atoms with Gasteiger partial charge in [0.25, 0.3) is 10.0 Å². The smallest absolute Gasteiger partial charge is 0.335 e. The molecule has 2 aromatic carbocycles. The summed E-state index contributed by atoms with van der Waals surface area (Å²) in [7, 11) is -3.96. The summed E-state index contributed by atoms with van der Waals surface area (Å²) in [6.07, 6.45) is -0.382. The zero-order chi connectivity index (χ0) is 17.7. The first-order chi connectivity index (χ1) is 11.3. The number of aromatic carboxylic acids is 1. The van der Waals surface area contributed by atoms with E-state index in [-0.39, 0.29) is 29.1 Å². The number of hydrogen-bond donors (Lipinski definition) is 2. The van der Waals surface area contributed by atoms with Crippen LogP contribution in [0.4, 0.5) is 5.69 Å². The van der Waals surface area contributed by atoms with E-state index >= 15 is 0 Å². The van der Waals surface area contributed by atoms with E-state index in [1.54, 1.807) is 18.2 Å². The van der Waals surface area contributed by atoms with Crippen molar-refractivity contribution in [2.75, 3.05) is 10.8 Å². The average molecular weight is 349 g/mol. The minimum atomic E-state index is -3.96. The molecule has 24 heavy (non-hydrogen) atoms. The zero-order valence-corrected chi connectivity index (χ0v) is 13.3. The van der Waals surface area contributed by atoms with Gasteiger partial charge in [-0.05, 0) is 36.4 Å². The fourth-order valence-corrected chi connectivity index (χ4v) is 3.56. The maximum absolute atomic E-state index is 12.8. The van der Waals surface area contributed by atoms with E-state index in [0.717, 1.165) is 4.31 Å². The molecule has 0 heterocycles. The van der Waals surface area contributed by atoms with Gasteiger partial charge in [-0.3, -0.25) is 9.10 Å². The van der Waals surface area contributed by atoms with Crippen LogP contribution in [0.5, 0.6) is 0 Å². The Labute approximate surface area is 138 Å². The molecule has 0 amide bonds. The molecule has 0 radical (unpaired) electrons. The minimum Gasteiger partial charge on any atom is -0.481 e. The number of nitrogens with zero attached hydrogens (tertiary/aromatic N) is 1. The van der Waals surface area contributed by atoms with Crippen molar-refractivity contribution in [3.8, 4) is 0 Å². The molecule has 2 N–H and O–H groups in total. The fraction of sp³-hybridized carbons (Fsp3) is 0.125. The zero-order valence-electron chi connectivity index (χ0n) is 12.5. The monoisotopic (exact) mass is 349 g/mol. The highest BCUT2D eigenvalue weighted by Gasteiger charge is 2.25. The van der Waals surface area contributed by atoms with Crippen LogP contribution in [0.3, 0.4) is 0 Å². The molecular formula is C16H15NO6S. The number of benzene rings is 2. The minimum absolute atomic E-state index is 0.00837. The molecule has 0 aliphatic carbocycles. The van der Waals surface area contributed by atoms with Gasteiger partial charge in [0, 0.05) is 6.54 Å². The second-order valence-corrected chi connectivity index (χ2v) is 6.75. The van der Waals surface area contributed by atoms with Crippen LogP contribution in [-0.2, 0) is 14.8 Å². The normalized spacial score (nSPS) is 11.0. The summed E-state index contributed by atoms with van der Waals surface area (Å²) in [6, 6.07) is 12.8. The molecule has 0 aromatic heterocycles. The largest absolute Gasteiger partial charge is 0.481 e. The summed E-state index contributed by atoms with van der Waals surface area (Å²) in [5.74, 6) is -2.27. The van der Waals surface area contributed by atoms with Crippen LogP contribution in [0, 0.1) is 0 Å². The lowest BCUT2D eigenvalue weighted by Crippen LogP contribution is -2.33. The lowest BCUT2D eigenvalue weighted by molar-refractivity contribution is -0.136. The predicted molar refractivity (Wildman–Crippen MR) is 86.6 cm³/mol. The highest BCUT2D eigenvalue weighted by atomic mass is 32.2. The van der Waals surface area contributed by atoms with Crippen molar-refractivity contribution in [1.82, 2.24) is 0 Å². The molecular weight excluding hydrogens is 334 g/mol. The second kappa shape index (κ2) is 7.14. The number of carboxylic acid groups (broad SMARTS) is 2. The molecule has 126 valence electrons. The van der Waals surface area contributed by atoms with Crippen LogP contribution < -0.4 is 4.31 Å². The Hall–Kier alpha value is -2.87. The van der Waals surface area contributed by atoms with E-state index in [2.05, 4.69) is 0 Å². The third-order valence-electron chi connectivity index (χ3n) is 3.26. The number of aliphatic carboxylic acids is 1. The molecule has 0 unspecified atom stereocenters. The van der Waals surface area contributed by atoms with Crippen molar-refractivity contribution >= 4 is 27.6 Å². The van der Waals surface area contributed by atoms with Gasteiger partial charge in [0.05, 0.1) is 22.6 Å². The summed E-state index contributed by atoms with van der Waals surface area (Å²) in [6.45, 7) is -0.265. The molecule has 2 aromatic rings. The summed E-state index contributed by atoms with van der Waals surface area (Å²) in [4.78, 5) is 21.8. The number of anilines is 1. The van der Waals surface area contributed by atoms with E-state index in [9.17, 15) is 18.0 Å². The number of carbonyl (C=O) groups is 2. The standard InChI is InChI=1S/C16H15NO6S/c18-15(19)10-11-17(13-8-6-12(7-9-13)16(20)21)24(22,23)14-4-2-1-3-5-14/h1-9H,10-11H2,(H,18,19)(H,20,21). The summed E-state index contributed by atoms with van der Waals surface area (Å²) >= 11 is 0. The molecule has 0 bridgehead atoms. The first kappa shape index (κ1) is 17.5. The maximum atomic E-state index is 12.8. The van der Waals surface area contributed by atoms with Gasteiger partial charge in [0.1, 0.15) is 0 Å². The van der Waals surface area contributed by atoms with Crippen molar-refractivity contribution in [3.63, 3.8) is 0 Å². The van der Waals surface area contributed by atoms with Crippen LogP contribution >= 0.6 is 0 Å². The van der Waals surface area contributed by atoms with E-state index in [4.69, 9.17) is 10.2 Å². The Bertz CT molecular complexity index is 831. The maximum Gasteiger partial charge on any atom is 0.335 e. The average Bonchev–Trinajstić information content (AvgIpc) is 2.56. The molecule has 0 saturated heterocycles. The van der Waals surface area contributed by atoms with Gasteiger partial charge in [-0.15, -0.1) is 0 Å². The molecule has 0 saturated carbocycles. The molecule has 0 fully saturated rings. The van der Waals surface area contributed by atoms with Crippen molar-refractivity contribution in [1.29, 1.82) is 0 Å².